The molecule has 0 unspecified atom stereocenters. The topological polar surface area (TPSA) is 84.5 Å². The Morgan fingerprint density at radius 1 is 0.871 bits per heavy atom. The predicted molar refractivity (Wildman–Crippen MR) is 121 cm³/mol. The van der Waals surface area contributed by atoms with Crippen molar-refractivity contribution in [3.63, 3.8) is 0 Å². The monoisotopic (exact) mass is 418 g/mol. The van der Waals surface area contributed by atoms with E-state index in [1.807, 2.05) is 56.3 Å². The summed E-state index contributed by atoms with van der Waals surface area (Å²) in [6, 6.07) is 21.1. The van der Waals surface area contributed by atoms with Crippen molar-refractivity contribution >= 4 is 34.2 Å². The highest BCUT2D eigenvalue weighted by Crippen LogP contribution is 2.22. The first kappa shape index (κ1) is 22.0. The molecule has 1 atom stereocenters. The summed E-state index contributed by atoms with van der Waals surface area (Å²) >= 11 is 0. The maximum atomic E-state index is 12.6. The van der Waals surface area contributed by atoms with Crippen LogP contribution in [0.25, 0.3) is 10.8 Å². The molecule has 0 aromatic heterocycles. The van der Waals surface area contributed by atoms with Crippen LogP contribution in [0.4, 0.5) is 5.69 Å². The van der Waals surface area contributed by atoms with Gasteiger partial charge < -0.3 is 15.4 Å². The van der Waals surface area contributed by atoms with E-state index in [1.54, 1.807) is 30.3 Å². The van der Waals surface area contributed by atoms with E-state index >= 15 is 0 Å². The summed E-state index contributed by atoms with van der Waals surface area (Å²) in [4.78, 5) is 37.4. The number of anilines is 1. The van der Waals surface area contributed by atoms with Crippen molar-refractivity contribution in [2.75, 3.05) is 11.9 Å². The quantitative estimate of drug-likeness (QED) is 0.538. The van der Waals surface area contributed by atoms with Crippen molar-refractivity contribution in [2.24, 2.45) is 5.92 Å². The minimum atomic E-state index is -0.835. The number of amides is 2. The molecule has 2 N–H and O–H groups in total. The molecular formula is C25H26N2O4. The number of carbonyl (C=O) groups excluding carboxylic acids is 3. The Balaban J connectivity index is 1.60. The van der Waals surface area contributed by atoms with Gasteiger partial charge in [0.1, 0.15) is 6.04 Å². The van der Waals surface area contributed by atoms with Crippen molar-refractivity contribution in [3.05, 3.63) is 78.4 Å². The molecule has 0 heterocycles. The van der Waals surface area contributed by atoms with Crippen LogP contribution in [0.5, 0.6) is 0 Å². The van der Waals surface area contributed by atoms with Gasteiger partial charge in [-0.15, -0.1) is 0 Å². The van der Waals surface area contributed by atoms with E-state index in [0.29, 0.717) is 17.7 Å². The van der Waals surface area contributed by atoms with Gasteiger partial charge in [0, 0.05) is 16.6 Å². The van der Waals surface area contributed by atoms with Crippen molar-refractivity contribution in [1.29, 1.82) is 0 Å². The molecule has 6 nitrogen and oxygen atoms in total. The molecule has 160 valence electrons. The summed E-state index contributed by atoms with van der Waals surface area (Å²) in [6.07, 6.45) is 0.405. The van der Waals surface area contributed by atoms with Crippen molar-refractivity contribution in [3.8, 4) is 0 Å². The minimum Gasteiger partial charge on any atom is -0.454 e. The van der Waals surface area contributed by atoms with Gasteiger partial charge >= 0.3 is 5.97 Å². The van der Waals surface area contributed by atoms with E-state index in [-0.39, 0.29) is 11.8 Å². The molecule has 2 amide bonds. The SMILES string of the molecule is CC(C)C[C@H](NC(=O)c1ccccc1)C(=O)OCC(=O)Nc1cccc2ccccc12. The zero-order valence-corrected chi connectivity index (χ0v) is 17.6. The number of fused-ring (bicyclic) bond motifs is 1. The van der Waals surface area contributed by atoms with E-state index in [9.17, 15) is 14.4 Å². The summed E-state index contributed by atoms with van der Waals surface area (Å²) in [5.41, 5.74) is 1.10. The minimum absolute atomic E-state index is 0.151. The number of carbonyl (C=O) groups is 3. The molecule has 3 aromatic carbocycles. The number of nitrogens with one attached hydrogen (secondary N) is 2. The van der Waals surface area contributed by atoms with E-state index in [1.165, 1.54) is 0 Å². The number of hydrogen-bond donors (Lipinski definition) is 2. The van der Waals surface area contributed by atoms with Gasteiger partial charge in [0.15, 0.2) is 6.61 Å². The Kier molecular flexibility index (Phi) is 7.38. The second-order valence-corrected chi connectivity index (χ2v) is 7.70. The van der Waals surface area contributed by atoms with Crippen molar-refractivity contribution in [1.82, 2.24) is 5.32 Å². The molecule has 6 heteroatoms. The highest BCUT2D eigenvalue weighted by Gasteiger charge is 2.24. The second-order valence-electron chi connectivity index (χ2n) is 7.70. The molecule has 0 aliphatic heterocycles. The van der Waals surface area contributed by atoms with Crippen LogP contribution in [0.1, 0.15) is 30.6 Å². The fourth-order valence-electron chi connectivity index (χ4n) is 3.27. The van der Waals surface area contributed by atoms with Gasteiger partial charge in [0.05, 0.1) is 0 Å². The predicted octanol–water partition coefficient (Wildman–Crippen LogP) is 4.17. The van der Waals surface area contributed by atoms with Gasteiger partial charge in [-0.3, -0.25) is 9.59 Å². The number of ether oxygens (including phenoxy) is 1. The Labute approximate surface area is 181 Å². The molecule has 0 radical (unpaired) electrons. The standard InChI is InChI=1S/C25H26N2O4/c1-17(2)15-22(27-24(29)19-10-4-3-5-11-19)25(30)31-16-23(28)26-21-14-8-12-18-9-6-7-13-20(18)21/h3-14,17,22H,15-16H2,1-2H3,(H,26,28)(H,27,29)/t22-/m0/s1. The summed E-state index contributed by atoms with van der Waals surface area (Å²) in [5.74, 6) is -1.28. The molecule has 0 saturated carbocycles. The molecule has 0 aliphatic rings. The molecular weight excluding hydrogens is 392 g/mol. The molecule has 0 aliphatic carbocycles. The van der Waals surface area contributed by atoms with Gasteiger partial charge in [0.2, 0.25) is 0 Å². The average Bonchev–Trinajstić information content (AvgIpc) is 2.77. The van der Waals surface area contributed by atoms with Gasteiger partial charge in [0.25, 0.3) is 11.8 Å². The Hall–Kier alpha value is -3.67. The van der Waals surface area contributed by atoms with Crippen LogP contribution >= 0.6 is 0 Å². The average molecular weight is 418 g/mol. The van der Waals surface area contributed by atoms with E-state index in [4.69, 9.17) is 4.74 Å². The third kappa shape index (κ3) is 6.15. The molecule has 3 aromatic rings. The van der Waals surface area contributed by atoms with E-state index in [2.05, 4.69) is 10.6 Å². The summed E-state index contributed by atoms with van der Waals surface area (Å²) < 4.78 is 5.22. The zero-order chi connectivity index (χ0) is 22.2. The first-order valence-corrected chi connectivity index (χ1v) is 10.2. The van der Waals surface area contributed by atoms with Gasteiger partial charge in [-0.05, 0) is 35.9 Å². The fourth-order valence-corrected chi connectivity index (χ4v) is 3.27. The Morgan fingerprint density at radius 2 is 1.55 bits per heavy atom. The molecule has 31 heavy (non-hydrogen) atoms. The first-order valence-electron chi connectivity index (χ1n) is 10.2. The van der Waals surface area contributed by atoms with E-state index < -0.39 is 24.5 Å². The molecule has 3 rings (SSSR count). The number of rotatable bonds is 8. The van der Waals surface area contributed by atoms with Crippen LogP contribution in [-0.4, -0.2) is 30.4 Å². The fraction of sp³-hybridized carbons (Fsp3) is 0.240. The van der Waals surface area contributed by atoms with Crippen molar-refractivity contribution < 1.29 is 19.1 Å². The first-order chi connectivity index (χ1) is 14.9. The molecule has 0 fully saturated rings. The van der Waals surface area contributed by atoms with Gasteiger partial charge in [-0.1, -0.05) is 68.4 Å². The van der Waals surface area contributed by atoms with Gasteiger partial charge in [-0.25, -0.2) is 4.79 Å². The van der Waals surface area contributed by atoms with Crippen LogP contribution in [0.15, 0.2) is 72.8 Å². The van der Waals surface area contributed by atoms with Crippen LogP contribution in [0.2, 0.25) is 0 Å². The third-order valence-corrected chi connectivity index (χ3v) is 4.74. The largest absolute Gasteiger partial charge is 0.454 e. The highest BCUT2D eigenvalue weighted by molar-refractivity contribution is 6.03. The molecule has 0 bridgehead atoms. The zero-order valence-electron chi connectivity index (χ0n) is 17.6. The molecule has 0 saturated heterocycles. The van der Waals surface area contributed by atoms with Crippen molar-refractivity contribution in [2.45, 2.75) is 26.3 Å². The number of hydrogen-bond acceptors (Lipinski definition) is 4. The maximum Gasteiger partial charge on any atom is 0.329 e. The maximum absolute atomic E-state index is 12.6. The molecule has 0 spiro atoms. The number of esters is 1. The third-order valence-electron chi connectivity index (χ3n) is 4.74. The Morgan fingerprint density at radius 3 is 2.29 bits per heavy atom. The lowest BCUT2D eigenvalue weighted by atomic mass is 10.0. The Bertz CT molecular complexity index is 1060. The summed E-state index contributed by atoms with van der Waals surface area (Å²) in [5, 5.41) is 7.40. The van der Waals surface area contributed by atoms with Crippen LogP contribution in [-0.2, 0) is 14.3 Å². The van der Waals surface area contributed by atoms with Crippen LogP contribution < -0.4 is 10.6 Å². The summed E-state index contributed by atoms with van der Waals surface area (Å²) in [7, 11) is 0. The van der Waals surface area contributed by atoms with E-state index in [0.717, 1.165) is 10.8 Å². The van der Waals surface area contributed by atoms with Gasteiger partial charge in [-0.2, -0.15) is 0 Å². The lowest BCUT2D eigenvalue weighted by Crippen LogP contribution is -2.43. The smallest absolute Gasteiger partial charge is 0.329 e. The highest BCUT2D eigenvalue weighted by atomic mass is 16.5. The number of benzene rings is 3. The summed E-state index contributed by atoms with van der Waals surface area (Å²) in [6.45, 7) is 3.46. The van der Waals surface area contributed by atoms with Crippen LogP contribution in [0.3, 0.4) is 0 Å². The second kappa shape index (κ2) is 10.4. The normalized spacial score (nSPS) is 11.7. The van der Waals surface area contributed by atoms with Crippen LogP contribution in [0, 0.1) is 5.92 Å². The lowest BCUT2D eigenvalue weighted by molar-refractivity contribution is -0.149. The lowest BCUT2D eigenvalue weighted by Gasteiger charge is -2.19.